The van der Waals surface area contributed by atoms with Crippen LogP contribution in [0.5, 0.6) is 5.75 Å². The second kappa shape index (κ2) is 10.7. The Balaban J connectivity index is 0.000000425. The zero-order chi connectivity index (χ0) is 20.0. The van der Waals surface area contributed by atoms with Gasteiger partial charge in [0.15, 0.2) is 5.78 Å². The molecular formula is C23H24IrNO3-. The maximum Gasteiger partial charge on any atom is 0.155 e. The predicted molar refractivity (Wildman–Crippen MR) is 109 cm³/mol. The van der Waals surface area contributed by atoms with E-state index in [1.807, 2.05) is 30.3 Å². The standard InChI is InChI=1S/C18H16NO.C5H8O2.Ir/c1-12-9-10-16(20-3)18-17(12)13(2)11-15(19-18)14-7-5-4-6-8-14;1-4(6)3-5(2)7;/h4-7,9-11H,1-3H3;3,6H,1-2H3;/q-1;;/b;4-3-;. The van der Waals surface area contributed by atoms with Crippen molar-refractivity contribution in [3.63, 3.8) is 0 Å². The molecule has 0 aliphatic rings. The number of aryl methyl sites for hydroxylation is 2. The van der Waals surface area contributed by atoms with Crippen LogP contribution < -0.4 is 4.74 Å². The van der Waals surface area contributed by atoms with Gasteiger partial charge in [0.25, 0.3) is 0 Å². The van der Waals surface area contributed by atoms with E-state index >= 15 is 0 Å². The van der Waals surface area contributed by atoms with Crippen molar-refractivity contribution < 1.29 is 34.7 Å². The number of fused-ring (bicyclic) bond motifs is 1. The molecule has 0 saturated heterocycles. The van der Waals surface area contributed by atoms with Gasteiger partial charge in [0, 0.05) is 31.6 Å². The number of carbonyl (C=O) groups excluding carboxylic acids is 1. The fourth-order valence-electron chi connectivity index (χ4n) is 2.86. The first-order chi connectivity index (χ1) is 12.8. The molecule has 28 heavy (non-hydrogen) atoms. The Kier molecular flexibility index (Phi) is 9.04. The number of ether oxygens (including phenoxy) is 1. The Labute approximate surface area is 179 Å². The molecule has 4 nitrogen and oxygen atoms in total. The van der Waals surface area contributed by atoms with Crippen LogP contribution in [0.2, 0.25) is 0 Å². The first-order valence-corrected chi connectivity index (χ1v) is 8.63. The summed E-state index contributed by atoms with van der Waals surface area (Å²) in [5.41, 5.74) is 5.27. The van der Waals surface area contributed by atoms with Gasteiger partial charge in [0.1, 0.15) is 11.3 Å². The van der Waals surface area contributed by atoms with E-state index < -0.39 is 0 Å². The minimum absolute atomic E-state index is 0. The van der Waals surface area contributed by atoms with E-state index in [1.165, 1.54) is 36.4 Å². The fraction of sp³-hybridized carbons (Fsp3) is 0.217. The fourth-order valence-corrected chi connectivity index (χ4v) is 2.86. The number of aliphatic hydroxyl groups excluding tert-OH is 1. The predicted octanol–water partition coefficient (Wildman–Crippen LogP) is 5.36. The molecule has 2 aromatic carbocycles. The van der Waals surface area contributed by atoms with E-state index in [4.69, 9.17) is 14.8 Å². The summed E-state index contributed by atoms with van der Waals surface area (Å²) in [6.45, 7) is 7.06. The molecule has 0 unspecified atom stereocenters. The number of hydrogen-bond acceptors (Lipinski definition) is 4. The SMILES string of the molecule is CC(=O)/C=C(/C)O.COc1ccc(C)c2c(C)cc(-c3[c-]cccc3)nc12.[Ir]. The van der Waals surface area contributed by atoms with Gasteiger partial charge >= 0.3 is 0 Å². The molecule has 1 aromatic heterocycles. The van der Waals surface area contributed by atoms with Gasteiger partial charge in [0.05, 0.1) is 12.9 Å². The van der Waals surface area contributed by atoms with Crippen LogP contribution in [-0.4, -0.2) is 23.0 Å². The third-order valence-electron chi connectivity index (χ3n) is 3.95. The topological polar surface area (TPSA) is 59.4 Å². The van der Waals surface area contributed by atoms with Gasteiger partial charge in [-0.2, -0.15) is 0 Å². The number of pyridine rings is 1. The maximum atomic E-state index is 10.0. The van der Waals surface area contributed by atoms with Crippen LogP contribution in [-0.2, 0) is 24.9 Å². The van der Waals surface area contributed by atoms with Crippen molar-refractivity contribution in [1.82, 2.24) is 4.98 Å². The third-order valence-corrected chi connectivity index (χ3v) is 3.95. The number of aliphatic hydroxyl groups is 1. The minimum atomic E-state index is -0.125. The van der Waals surface area contributed by atoms with Crippen LogP contribution in [0, 0.1) is 19.9 Å². The summed E-state index contributed by atoms with van der Waals surface area (Å²) in [5, 5.41) is 9.53. The maximum absolute atomic E-state index is 10.0. The summed E-state index contributed by atoms with van der Waals surface area (Å²) >= 11 is 0. The first kappa shape index (κ1) is 23.5. The average Bonchev–Trinajstić information content (AvgIpc) is 2.62. The number of rotatable bonds is 3. The molecular weight excluding hydrogens is 530 g/mol. The van der Waals surface area contributed by atoms with Gasteiger partial charge in [-0.3, -0.25) is 9.78 Å². The summed E-state index contributed by atoms with van der Waals surface area (Å²) < 4.78 is 5.46. The Morgan fingerprint density at radius 1 is 1.14 bits per heavy atom. The molecule has 0 aliphatic carbocycles. The van der Waals surface area contributed by atoms with E-state index in [9.17, 15) is 4.79 Å². The van der Waals surface area contributed by atoms with E-state index in [0.29, 0.717) is 0 Å². The summed E-state index contributed by atoms with van der Waals surface area (Å²) in [6, 6.07) is 17.3. The largest absolute Gasteiger partial charge is 0.512 e. The van der Waals surface area contributed by atoms with Crippen molar-refractivity contribution in [2.24, 2.45) is 0 Å². The van der Waals surface area contributed by atoms with E-state index in [0.717, 1.165) is 22.5 Å². The Morgan fingerprint density at radius 2 is 1.86 bits per heavy atom. The molecule has 0 saturated carbocycles. The number of methoxy groups -OCH3 is 1. The number of hydrogen-bond donors (Lipinski definition) is 1. The molecule has 1 radical (unpaired) electrons. The number of allylic oxidation sites excluding steroid dienone is 2. The average molecular weight is 555 g/mol. The first-order valence-electron chi connectivity index (χ1n) is 8.63. The summed E-state index contributed by atoms with van der Waals surface area (Å²) in [5.74, 6) is 0.749. The molecule has 0 aliphatic heterocycles. The van der Waals surface area contributed by atoms with Gasteiger partial charge in [-0.25, -0.2) is 0 Å². The van der Waals surface area contributed by atoms with Crippen molar-refractivity contribution in [1.29, 1.82) is 0 Å². The molecule has 1 N–H and O–H groups in total. The van der Waals surface area contributed by atoms with Crippen LogP contribution in [0.4, 0.5) is 0 Å². The zero-order valence-electron chi connectivity index (χ0n) is 16.7. The van der Waals surface area contributed by atoms with Gasteiger partial charge in [-0.15, -0.1) is 35.9 Å². The molecule has 149 valence electrons. The van der Waals surface area contributed by atoms with Crippen molar-refractivity contribution in [3.8, 4) is 17.0 Å². The number of ketones is 1. The number of benzene rings is 2. The van der Waals surface area contributed by atoms with E-state index in [2.05, 4.69) is 32.0 Å². The van der Waals surface area contributed by atoms with Crippen LogP contribution in [0.15, 0.2) is 54.3 Å². The molecule has 0 fully saturated rings. The van der Waals surface area contributed by atoms with Crippen molar-refractivity contribution in [3.05, 3.63) is 71.5 Å². The number of nitrogens with zero attached hydrogens (tertiary/aromatic N) is 1. The van der Waals surface area contributed by atoms with Crippen LogP contribution in [0.25, 0.3) is 22.2 Å². The molecule has 3 rings (SSSR count). The summed E-state index contributed by atoms with van der Waals surface area (Å²) in [6.07, 6.45) is 1.17. The molecule has 5 heteroatoms. The molecule has 1 heterocycles. The van der Waals surface area contributed by atoms with E-state index in [1.54, 1.807) is 7.11 Å². The molecule has 0 spiro atoms. The monoisotopic (exact) mass is 555 g/mol. The third kappa shape index (κ3) is 6.01. The van der Waals surface area contributed by atoms with Crippen LogP contribution >= 0.6 is 0 Å². The van der Waals surface area contributed by atoms with Gasteiger partial charge in [-0.1, -0.05) is 12.1 Å². The Hall–Kier alpha value is -2.49. The van der Waals surface area contributed by atoms with Gasteiger partial charge < -0.3 is 9.84 Å². The van der Waals surface area contributed by atoms with Gasteiger partial charge in [0.2, 0.25) is 0 Å². The molecule has 3 aromatic rings. The minimum Gasteiger partial charge on any atom is -0.512 e. The van der Waals surface area contributed by atoms with Gasteiger partial charge in [-0.05, 0) is 50.6 Å². The Morgan fingerprint density at radius 3 is 2.36 bits per heavy atom. The zero-order valence-corrected chi connectivity index (χ0v) is 19.1. The number of aromatic nitrogens is 1. The van der Waals surface area contributed by atoms with E-state index in [-0.39, 0.29) is 31.6 Å². The second-order valence-corrected chi connectivity index (χ2v) is 6.31. The van der Waals surface area contributed by atoms with Crippen molar-refractivity contribution >= 4 is 16.7 Å². The Bertz CT molecular complexity index is 978. The molecule has 0 amide bonds. The van der Waals surface area contributed by atoms with Crippen molar-refractivity contribution in [2.45, 2.75) is 27.7 Å². The number of carbonyl (C=O) groups is 1. The summed E-state index contributed by atoms with van der Waals surface area (Å²) in [7, 11) is 1.68. The van der Waals surface area contributed by atoms with Crippen LogP contribution in [0.3, 0.4) is 0 Å². The second-order valence-electron chi connectivity index (χ2n) is 6.31. The van der Waals surface area contributed by atoms with Crippen molar-refractivity contribution in [2.75, 3.05) is 7.11 Å². The quantitative estimate of drug-likeness (QED) is 0.269. The normalized spacial score (nSPS) is 10.5. The summed E-state index contributed by atoms with van der Waals surface area (Å²) in [4.78, 5) is 14.8. The molecule has 0 atom stereocenters. The molecule has 0 bridgehead atoms. The smallest absolute Gasteiger partial charge is 0.155 e. The van der Waals surface area contributed by atoms with Crippen LogP contribution in [0.1, 0.15) is 25.0 Å².